The second-order valence-corrected chi connectivity index (χ2v) is 4.80. The van der Waals surface area contributed by atoms with Crippen LogP contribution in [0.5, 0.6) is 0 Å². The Labute approximate surface area is 114 Å². The fourth-order valence-corrected chi connectivity index (χ4v) is 1.99. The van der Waals surface area contributed by atoms with Crippen molar-refractivity contribution in [2.24, 2.45) is 10.9 Å². The van der Waals surface area contributed by atoms with Crippen LogP contribution in [-0.4, -0.2) is 33.9 Å². The Morgan fingerprint density at radius 3 is 2.74 bits per heavy atom. The quantitative estimate of drug-likeness (QED) is 0.207. The largest absolute Gasteiger partial charge is 0.409 e. The molecule has 0 aromatic carbocycles. The molecule has 0 saturated carbocycles. The van der Waals surface area contributed by atoms with Crippen molar-refractivity contribution in [3.8, 4) is 0 Å². The zero-order valence-electron chi connectivity index (χ0n) is 11.9. The molecule has 0 radical (unpaired) electrons. The summed E-state index contributed by atoms with van der Waals surface area (Å²) in [4.78, 5) is 0. The van der Waals surface area contributed by atoms with E-state index >= 15 is 0 Å². The number of oxime groups is 1. The molecule has 19 heavy (non-hydrogen) atoms. The Bertz CT molecular complexity index is 400. The van der Waals surface area contributed by atoms with E-state index in [0.29, 0.717) is 12.3 Å². The van der Waals surface area contributed by atoms with Crippen LogP contribution in [0, 0.1) is 13.8 Å². The summed E-state index contributed by atoms with van der Waals surface area (Å²) >= 11 is 0. The van der Waals surface area contributed by atoms with E-state index in [4.69, 9.17) is 10.9 Å². The highest BCUT2D eigenvalue weighted by Gasteiger charge is 1.99. The first-order chi connectivity index (χ1) is 9.13. The number of nitrogens with zero attached hydrogens (tertiary/aromatic N) is 3. The molecule has 0 aliphatic rings. The van der Waals surface area contributed by atoms with Gasteiger partial charge in [-0.25, -0.2) is 0 Å². The molecule has 6 nitrogen and oxygen atoms in total. The van der Waals surface area contributed by atoms with Crippen LogP contribution in [0.4, 0.5) is 0 Å². The number of aryl methyl sites for hydroxylation is 3. The molecule has 0 aliphatic heterocycles. The molecule has 0 atom stereocenters. The van der Waals surface area contributed by atoms with E-state index in [0.717, 1.165) is 44.6 Å². The number of amidine groups is 1. The van der Waals surface area contributed by atoms with Crippen molar-refractivity contribution in [2.45, 2.75) is 46.1 Å². The number of rotatable bonds is 9. The molecule has 0 unspecified atom stereocenters. The molecule has 0 amide bonds. The van der Waals surface area contributed by atoms with Crippen LogP contribution in [0.3, 0.4) is 0 Å². The number of hydrogen-bond donors (Lipinski definition) is 3. The summed E-state index contributed by atoms with van der Waals surface area (Å²) < 4.78 is 2.05. The summed E-state index contributed by atoms with van der Waals surface area (Å²) in [5, 5.41) is 19.1. The number of hydrogen-bond acceptors (Lipinski definition) is 4. The molecule has 1 heterocycles. The summed E-state index contributed by atoms with van der Waals surface area (Å²) in [6.45, 7) is 7.01. The molecule has 1 rings (SSSR count). The third kappa shape index (κ3) is 6.24. The first kappa shape index (κ1) is 15.5. The molecule has 0 bridgehead atoms. The van der Waals surface area contributed by atoms with E-state index in [1.54, 1.807) is 0 Å². The maximum atomic E-state index is 8.38. The number of nitrogens with one attached hydrogen (secondary N) is 1. The van der Waals surface area contributed by atoms with Crippen molar-refractivity contribution < 1.29 is 5.21 Å². The van der Waals surface area contributed by atoms with Gasteiger partial charge in [0.1, 0.15) is 5.84 Å². The first-order valence-electron chi connectivity index (χ1n) is 6.81. The summed E-state index contributed by atoms with van der Waals surface area (Å²) in [7, 11) is 0. The normalized spacial score (nSPS) is 12.0. The average Bonchev–Trinajstić information content (AvgIpc) is 2.70. The Morgan fingerprint density at radius 2 is 2.11 bits per heavy atom. The van der Waals surface area contributed by atoms with Crippen LogP contribution in [0.15, 0.2) is 11.2 Å². The van der Waals surface area contributed by atoms with E-state index in [1.807, 2.05) is 6.92 Å². The number of nitrogens with two attached hydrogens (primary N) is 1. The van der Waals surface area contributed by atoms with Gasteiger partial charge in [-0.1, -0.05) is 5.16 Å². The summed E-state index contributed by atoms with van der Waals surface area (Å²) in [6.07, 6.45) is 3.71. The van der Waals surface area contributed by atoms with E-state index in [9.17, 15) is 0 Å². The second kappa shape index (κ2) is 8.53. The molecule has 1 aromatic rings. The molecule has 4 N–H and O–H groups in total. The lowest BCUT2D eigenvalue weighted by Crippen LogP contribution is -2.19. The minimum Gasteiger partial charge on any atom is -0.409 e. The Morgan fingerprint density at radius 1 is 1.37 bits per heavy atom. The molecule has 0 spiro atoms. The van der Waals surface area contributed by atoms with Crippen molar-refractivity contribution in [3.63, 3.8) is 0 Å². The van der Waals surface area contributed by atoms with E-state index < -0.39 is 0 Å². The molecule has 108 valence electrons. The molecule has 0 fully saturated rings. The van der Waals surface area contributed by atoms with Gasteiger partial charge in [0.2, 0.25) is 0 Å². The fraction of sp³-hybridized carbons (Fsp3) is 0.692. The van der Waals surface area contributed by atoms with Crippen LogP contribution in [-0.2, 0) is 6.54 Å². The van der Waals surface area contributed by atoms with Gasteiger partial charge in [-0.3, -0.25) is 4.68 Å². The lowest BCUT2D eigenvalue weighted by atomic mass is 10.2. The SMILES string of the molecule is Cc1cc(C)n(CCCNCCCC/C(N)=N/O)n1. The van der Waals surface area contributed by atoms with Crippen molar-refractivity contribution in [1.82, 2.24) is 15.1 Å². The molecule has 0 saturated heterocycles. The third-order valence-electron chi connectivity index (χ3n) is 2.99. The van der Waals surface area contributed by atoms with Gasteiger partial charge in [0.25, 0.3) is 0 Å². The van der Waals surface area contributed by atoms with Crippen LogP contribution < -0.4 is 11.1 Å². The van der Waals surface area contributed by atoms with Gasteiger partial charge in [0.05, 0.1) is 5.69 Å². The predicted octanol–water partition coefficient (Wildman–Crippen LogP) is 1.40. The van der Waals surface area contributed by atoms with Crippen LogP contribution >= 0.6 is 0 Å². The van der Waals surface area contributed by atoms with Crippen molar-refractivity contribution >= 4 is 5.84 Å². The van der Waals surface area contributed by atoms with Gasteiger partial charge in [-0.15, -0.1) is 0 Å². The van der Waals surface area contributed by atoms with Gasteiger partial charge >= 0.3 is 0 Å². The van der Waals surface area contributed by atoms with E-state index in [-0.39, 0.29) is 0 Å². The highest BCUT2D eigenvalue weighted by Crippen LogP contribution is 2.02. The maximum Gasteiger partial charge on any atom is 0.139 e. The first-order valence-corrected chi connectivity index (χ1v) is 6.81. The second-order valence-electron chi connectivity index (χ2n) is 4.80. The van der Waals surface area contributed by atoms with Crippen LogP contribution in [0.25, 0.3) is 0 Å². The Kier molecular flexibility index (Phi) is 6.95. The molecular weight excluding hydrogens is 242 g/mol. The van der Waals surface area contributed by atoms with Crippen molar-refractivity contribution in [2.75, 3.05) is 13.1 Å². The lowest BCUT2D eigenvalue weighted by Gasteiger charge is -2.06. The minimum atomic E-state index is 0.310. The molecule has 1 aromatic heterocycles. The number of aromatic nitrogens is 2. The summed E-state index contributed by atoms with van der Waals surface area (Å²) in [5.74, 6) is 0.310. The van der Waals surface area contributed by atoms with Crippen molar-refractivity contribution in [3.05, 3.63) is 17.5 Å². The predicted molar refractivity (Wildman–Crippen MR) is 76.4 cm³/mol. The lowest BCUT2D eigenvalue weighted by molar-refractivity contribution is 0.316. The summed E-state index contributed by atoms with van der Waals surface area (Å²) in [5.41, 5.74) is 7.68. The van der Waals surface area contributed by atoms with Gasteiger partial charge in [0.15, 0.2) is 0 Å². The smallest absolute Gasteiger partial charge is 0.139 e. The van der Waals surface area contributed by atoms with Crippen LogP contribution in [0.2, 0.25) is 0 Å². The molecule has 6 heteroatoms. The van der Waals surface area contributed by atoms with E-state index in [2.05, 4.69) is 33.2 Å². The third-order valence-corrected chi connectivity index (χ3v) is 2.99. The standard InChI is InChI=1S/C13H25N5O/c1-11-10-12(2)18(16-11)9-5-8-15-7-4-3-6-13(14)17-19/h10,15,19H,3-9H2,1-2H3,(H2,14,17). The highest BCUT2D eigenvalue weighted by atomic mass is 16.4. The fourth-order valence-electron chi connectivity index (χ4n) is 1.99. The molecular formula is C13H25N5O. The minimum absolute atomic E-state index is 0.310. The summed E-state index contributed by atoms with van der Waals surface area (Å²) in [6, 6.07) is 2.10. The highest BCUT2D eigenvalue weighted by molar-refractivity contribution is 5.79. The Hall–Kier alpha value is -1.56. The van der Waals surface area contributed by atoms with Crippen LogP contribution in [0.1, 0.15) is 37.1 Å². The average molecular weight is 267 g/mol. The zero-order chi connectivity index (χ0) is 14.1. The van der Waals surface area contributed by atoms with Gasteiger partial charge in [-0.05, 0) is 52.3 Å². The van der Waals surface area contributed by atoms with Crippen molar-refractivity contribution in [1.29, 1.82) is 0 Å². The monoisotopic (exact) mass is 267 g/mol. The molecule has 0 aliphatic carbocycles. The maximum absolute atomic E-state index is 8.38. The Balaban J connectivity index is 1.98. The zero-order valence-corrected chi connectivity index (χ0v) is 11.9. The number of unbranched alkanes of at least 4 members (excludes halogenated alkanes) is 1. The van der Waals surface area contributed by atoms with Gasteiger partial charge in [0, 0.05) is 18.7 Å². The topological polar surface area (TPSA) is 88.5 Å². The van der Waals surface area contributed by atoms with Gasteiger partial charge in [-0.2, -0.15) is 5.10 Å². The van der Waals surface area contributed by atoms with Gasteiger partial charge < -0.3 is 16.3 Å². The van der Waals surface area contributed by atoms with E-state index in [1.165, 1.54) is 5.69 Å².